The Morgan fingerprint density at radius 1 is 1.29 bits per heavy atom. The lowest BCUT2D eigenvalue weighted by Crippen LogP contribution is -2.41. The average Bonchev–Trinajstić information content (AvgIpc) is 3.11. The van der Waals surface area contributed by atoms with Crippen molar-refractivity contribution in [2.24, 2.45) is 0 Å². The predicted octanol–water partition coefficient (Wildman–Crippen LogP) is 2.06. The summed E-state index contributed by atoms with van der Waals surface area (Å²) in [5.74, 6) is 0.827. The van der Waals surface area contributed by atoms with Crippen molar-refractivity contribution in [2.45, 2.75) is 31.3 Å². The number of nitrogens with zero attached hydrogens (tertiary/aromatic N) is 1. The summed E-state index contributed by atoms with van der Waals surface area (Å²) in [6, 6.07) is 8.55. The summed E-state index contributed by atoms with van der Waals surface area (Å²) in [6.07, 6.45) is 7.02. The van der Waals surface area contributed by atoms with Gasteiger partial charge in [0.1, 0.15) is 5.75 Å². The molecule has 0 saturated carbocycles. The number of benzene rings is 1. The smallest absolute Gasteiger partial charge is 0.244 e. The molecule has 2 heterocycles. The molecule has 0 bridgehead atoms. The topological polar surface area (TPSA) is 41.6 Å². The van der Waals surface area contributed by atoms with Crippen LogP contribution in [0.15, 0.2) is 30.3 Å². The van der Waals surface area contributed by atoms with Gasteiger partial charge in [-0.05, 0) is 49.6 Å². The molecule has 0 aromatic heterocycles. The van der Waals surface area contributed by atoms with Crippen molar-refractivity contribution in [3.8, 4) is 5.75 Å². The fourth-order valence-corrected chi connectivity index (χ4v) is 3.37. The van der Waals surface area contributed by atoms with Crippen LogP contribution in [0.2, 0.25) is 0 Å². The number of hydrogen-bond donors (Lipinski definition) is 1. The van der Waals surface area contributed by atoms with E-state index in [1.165, 1.54) is 19.4 Å². The van der Waals surface area contributed by atoms with Crippen molar-refractivity contribution >= 4 is 12.0 Å². The number of amides is 1. The Morgan fingerprint density at radius 2 is 2.10 bits per heavy atom. The van der Waals surface area contributed by atoms with Crippen molar-refractivity contribution in [3.05, 3.63) is 35.9 Å². The molecule has 2 atom stereocenters. The van der Waals surface area contributed by atoms with Crippen LogP contribution in [0.5, 0.6) is 5.75 Å². The molecule has 4 heteroatoms. The Kier molecular flexibility index (Phi) is 4.25. The van der Waals surface area contributed by atoms with E-state index in [1.54, 1.807) is 13.2 Å². The van der Waals surface area contributed by atoms with Gasteiger partial charge in [-0.2, -0.15) is 0 Å². The van der Waals surface area contributed by atoms with Crippen LogP contribution in [0.3, 0.4) is 0 Å². The quantitative estimate of drug-likeness (QED) is 0.862. The molecule has 3 rings (SSSR count). The molecule has 4 nitrogen and oxygen atoms in total. The third-order valence-electron chi connectivity index (χ3n) is 4.48. The molecular formula is C17H22N2O2. The number of methoxy groups -OCH3 is 1. The zero-order chi connectivity index (χ0) is 14.7. The van der Waals surface area contributed by atoms with Gasteiger partial charge in [-0.1, -0.05) is 12.1 Å². The fourth-order valence-electron chi connectivity index (χ4n) is 3.37. The second kappa shape index (κ2) is 6.31. The van der Waals surface area contributed by atoms with Crippen LogP contribution in [0, 0.1) is 0 Å². The number of ether oxygens (including phenoxy) is 1. The van der Waals surface area contributed by atoms with E-state index in [1.807, 2.05) is 30.3 Å². The summed E-state index contributed by atoms with van der Waals surface area (Å²) < 4.78 is 5.12. The molecule has 2 fully saturated rings. The highest BCUT2D eigenvalue weighted by Gasteiger charge is 2.37. The van der Waals surface area contributed by atoms with E-state index < -0.39 is 0 Å². The van der Waals surface area contributed by atoms with E-state index >= 15 is 0 Å². The zero-order valence-electron chi connectivity index (χ0n) is 12.4. The Balaban J connectivity index is 1.54. The van der Waals surface area contributed by atoms with Crippen LogP contribution < -0.4 is 10.1 Å². The number of carbonyl (C=O) groups is 1. The Labute approximate surface area is 125 Å². The minimum atomic E-state index is 0.00423. The van der Waals surface area contributed by atoms with Crippen LogP contribution in [0.1, 0.15) is 24.8 Å². The largest absolute Gasteiger partial charge is 0.497 e. The zero-order valence-corrected chi connectivity index (χ0v) is 12.4. The first-order valence-corrected chi connectivity index (χ1v) is 7.63. The highest BCUT2D eigenvalue weighted by Crippen LogP contribution is 2.27. The van der Waals surface area contributed by atoms with Crippen molar-refractivity contribution < 1.29 is 9.53 Å². The molecule has 1 N–H and O–H groups in total. The third kappa shape index (κ3) is 3.27. The summed E-state index contributed by atoms with van der Waals surface area (Å²) in [4.78, 5) is 14.5. The lowest BCUT2D eigenvalue weighted by molar-refractivity contribution is -0.117. The van der Waals surface area contributed by atoms with E-state index in [0.717, 1.165) is 24.3 Å². The van der Waals surface area contributed by atoms with E-state index in [2.05, 4.69) is 10.2 Å². The molecular weight excluding hydrogens is 264 g/mol. The van der Waals surface area contributed by atoms with Crippen LogP contribution >= 0.6 is 0 Å². The molecule has 2 aliphatic rings. The van der Waals surface area contributed by atoms with Crippen molar-refractivity contribution in [1.82, 2.24) is 10.2 Å². The van der Waals surface area contributed by atoms with Crippen LogP contribution in [-0.2, 0) is 4.79 Å². The number of rotatable bonds is 4. The van der Waals surface area contributed by atoms with Crippen molar-refractivity contribution in [2.75, 3.05) is 20.2 Å². The molecule has 2 aliphatic heterocycles. The van der Waals surface area contributed by atoms with E-state index in [9.17, 15) is 4.79 Å². The first-order valence-electron chi connectivity index (χ1n) is 7.63. The highest BCUT2D eigenvalue weighted by molar-refractivity contribution is 5.92. The molecule has 0 spiro atoms. The summed E-state index contributed by atoms with van der Waals surface area (Å²) in [5.41, 5.74) is 1.000. The van der Waals surface area contributed by atoms with Gasteiger partial charge in [0.05, 0.1) is 7.11 Å². The Morgan fingerprint density at radius 3 is 2.86 bits per heavy atom. The SMILES string of the molecule is COc1ccc(/C=C\C(=O)N[C@H]2CCN3CCC[C@H]23)cc1. The lowest BCUT2D eigenvalue weighted by atomic mass is 10.1. The third-order valence-corrected chi connectivity index (χ3v) is 4.48. The first-order chi connectivity index (χ1) is 10.3. The molecule has 0 radical (unpaired) electrons. The van der Waals surface area contributed by atoms with Crippen LogP contribution in [0.4, 0.5) is 0 Å². The first kappa shape index (κ1) is 14.1. The summed E-state index contributed by atoms with van der Waals surface area (Å²) in [6.45, 7) is 2.32. The standard InChI is InChI=1S/C17H22N2O2/c1-21-14-7-4-13(5-8-14)6-9-17(20)18-15-10-12-19-11-2-3-16(15)19/h4-9,15-16H,2-3,10-12H2,1H3,(H,18,20)/b9-6-/t15-,16+/m0/s1. The number of nitrogens with one attached hydrogen (secondary N) is 1. The predicted molar refractivity (Wildman–Crippen MR) is 83.2 cm³/mol. The maximum absolute atomic E-state index is 12.0. The van der Waals surface area contributed by atoms with Gasteiger partial charge in [0.25, 0.3) is 0 Å². The van der Waals surface area contributed by atoms with E-state index in [-0.39, 0.29) is 5.91 Å². The molecule has 1 amide bonds. The average molecular weight is 286 g/mol. The Bertz CT molecular complexity index is 524. The molecule has 0 aliphatic carbocycles. The minimum absolute atomic E-state index is 0.00423. The second-order valence-corrected chi connectivity index (χ2v) is 5.76. The van der Waals surface area contributed by atoms with Gasteiger partial charge < -0.3 is 10.1 Å². The van der Waals surface area contributed by atoms with Crippen molar-refractivity contribution in [3.63, 3.8) is 0 Å². The summed E-state index contributed by atoms with van der Waals surface area (Å²) in [5, 5.41) is 3.15. The summed E-state index contributed by atoms with van der Waals surface area (Å²) in [7, 11) is 1.65. The molecule has 1 aromatic carbocycles. The van der Waals surface area contributed by atoms with Gasteiger partial charge >= 0.3 is 0 Å². The van der Waals surface area contributed by atoms with Crippen LogP contribution in [0.25, 0.3) is 6.08 Å². The van der Waals surface area contributed by atoms with Gasteiger partial charge in [-0.15, -0.1) is 0 Å². The molecule has 112 valence electrons. The molecule has 21 heavy (non-hydrogen) atoms. The van der Waals surface area contributed by atoms with Crippen LogP contribution in [-0.4, -0.2) is 43.1 Å². The second-order valence-electron chi connectivity index (χ2n) is 5.76. The van der Waals surface area contributed by atoms with E-state index in [0.29, 0.717) is 12.1 Å². The highest BCUT2D eigenvalue weighted by atomic mass is 16.5. The number of fused-ring (bicyclic) bond motifs is 1. The minimum Gasteiger partial charge on any atom is -0.497 e. The Hall–Kier alpha value is -1.81. The monoisotopic (exact) mass is 286 g/mol. The molecule has 1 aromatic rings. The molecule has 2 saturated heterocycles. The van der Waals surface area contributed by atoms with Gasteiger partial charge in [0.2, 0.25) is 5.91 Å². The number of carbonyl (C=O) groups excluding carboxylic acids is 1. The van der Waals surface area contributed by atoms with Gasteiger partial charge in [-0.3, -0.25) is 9.69 Å². The summed E-state index contributed by atoms with van der Waals surface area (Å²) >= 11 is 0. The normalized spacial score (nSPS) is 25.2. The maximum Gasteiger partial charge on any atom is 0.244 e. The van der Waals surface area contributed by atoms with Crippen molar-refractivity contribution in [1.29, 1.82) is 0 Å². The fraction of sp³-hybridized carbons (Fsp3) is 0.471. The lowest BCUT2D eigenvalue weighted by Gasteiger charge is -2.20. The van der Waals surface area contributed by atoms with Gasteiger partial charge in [0, 0.05) is 24.7 Å². The molecule has 0 unspecified atom stereocenters. The van der Waals surface area contributed by atoms with Gasteiger partial charge in [-0.25, -0.2) is 0 Å². The maximum atomic E-state index is 12.0. The number of hydrogen-bond acceptors (Lipinski definition) is 3. The van der Waals surface area contributed by atoms with E-state index in [4.69, 9.17) is 4.74 Å². The van der Waals surface area contributed by atoms with Gasteiger partial charge in [0.15, 0.2) is 0 Å².